The van der Waals surface area contributed by atoms with Crippen molar-refractivity contribution in [2.24, 2.45) is 0 Å². The lowest BCUT2D eigenvalue weighted by molar-refractivity contribution is -0.126. The molecule has 0 spiro atoms. The van der Waals surface area contributed by atoms with E-state index in [0.29, 0.717) is 18.6 Å². The third-order valence-corrected chi connectivity index (χ3v) is 5.24. The third kappa shape index (κ3) is 7.01. The highest BCUT2D eigenvalue weighted by Crippen LogP contribution is 2.13. The topological polar surface area (TPSA) is 105 Å². The number of ether oxygens (including phenoxy) is 1. The van der Waals surface area contributed by atoms with Crippen LogP contribution >= 0.6 is 0 Å². The van der Waals surface area contributed by atoms with Gasteiger partial charge in [0.05, 0.1) is 4.90 Å². The van der Waals surface area contributed by atoms with Gasteiger partial charge in [-0.1, -0.05) is 37.3 Å². The maximum absolute atomic E-state index is 12.1. The fourth-order valence-electron chi connectivity index (χ4n) is 2.24. The molecule has 0 heterocycles. The molecule has 0 radical (unpaired) electrons. The largest absolute Gasteiger partial charge is 0.484 e. The van der Waals surface area contributed by atoms with E-state index in [2.05, 4.69) is 10.0 Å². The Bertz CT molecular complexity index is 823. The molecule has 0 fully saturated rings. The Kier molecular flexibility index (Phi) is 7.78. The van der Waals surface area contributed by atoms with E-state index in [1.165, 1.54) is 0 Å². The predicted octanol–water partition coefficient (Wildman–Crippen LogP) is 1.43. The summed E-state index contributed by atoms with van der Waals surface area (Å²) in [6, 6.07) is 15.3. The van der Waals surface area contributed by atoms with Crippen molar-refractivity contribution in [2.45, 2.75) is 30.9 Å². The van der Waals surface area contributed by atoms with Crippen LogP contribution in [0.4, 0.5) is 0 Å². The van der Waals surface area contributed by atoms with Crippen molar-refractivity contribution in [3.05, 3.63) is 60.2 Å². The van der Waals surface area contributed by atoms with Crippen LogP contribution in [-0.2, 0) is 21.2 Å². The molecule has 0 aliphatic heterocycles. The van der Waals surface area contributed by atoms with Gasteiger partial charge in [-0.25, -0.2) is 13.1 Å². The Hall–Kier alpha value is -2.42. The molecule has 1 amide bonds. The SMILES string of the molecule is CCC(O)NC(=O)COc1ccc(CCNS(=O)(=O)c2ccccc2)cc1. The molecule has 0 aliphatic rings. The zero-order chi connectivity index (χ0) is 19.7. The summed E-state index contributed by atoms with van der Waals surface area (Å²) in [6.45, 7) is 1.84. The van der Waals surface area contributed by atoms with Gasteiger partial charge in [-0.15, -0.1) is 0 Å². The third-order valence-electron chi connectivity index (χ3n) is 3.77. The van der Waals surface area contributed by atoms with Gasteiger partial charge in [0.15, 0.2) is 6.61 Å². The van der Waals surface area contributed by atoms with Crippen LogP contribution in [0.15, 0.2) is 59.5 Å². The van der Waals surface area contributed by atoms with Crippen molar-refractivity contribution in [1.29, 1.82) is 0 Å². The fraction of sp³-hybridized carbons (Fsp3) is 0.316. The van der Waals surface area contributed by atoms with Crippen molar-refractivity contribution in [3.63, 3.8) is 0 Å². The highest BCUT2D eigenvalue weighted by Gasteiger charge is 2.12. The zero-order valence-electron chi connectivity index (χ0n) is 15.1. The molecule has 0 bridgehead atoms. The summed E-state index contributed by atoms with van der Waals surface area (Å²) in [6.07, 6.45) is 0.0763. The summed E-state index contributed by atoms with van der Waals surface area (Å²) in [4.78, 5) is 11.8. The molecule has 0 aromatic heterocycles. The number of benzene rings is 2. The molecule has 0 saturated carbocycles. The molecule has 27 heavy (non-hydrogen) atoms. The molecule has 2 aromatic carbocycles. The molecule has 3 N–H and O–H groups in total. The number of amides is 1. The lowest BCUT2D eigenvalue weighted by atomic mass is 10.1. The number of carbonyl (C=O) groups is 1. The smallest absolute Gasteiger partial charge is 0.259 e. The molecule has 8 heteroatoms. The second-order valence-corrected chi connectivity index (χ2v) is 7.65. The lowest BCUT2D eigenvalue weighted by Crippen LogP contribution is -2.37. The summed E-state index contributed by atoms with van der Waals surface area (Å²) in [5, 5.41) is 11.7. The summed E-state index contributed by atoms with van der Waals surface area (Å²) in [5.41, 5.74) is 0.934. The van der Waals surface area contributed by atoms with Crippen LogP contribution in [0.25, 0.3) is 0 Å². The van der Waals surface area contributed by atoms with Gasteiger partial charge in [-0.3, -0.25) is 4.79 Å². The van der Waals surface area contributed by atoms with E-state index in [1.807, 2.05) is 12.1 Å². The molecular formula is C19H24N2O5S. The number of sulfonamides is 1. The Morgan fingerprint density at radius 3 is 2.41 bits per heavy atom. The van der Waals surface area contributed by atoms with Crippen LogP contribution < -0.4 is 14.8 Å². The van der Waals surface area contributed by atoms with E-state index in [-0.39, 0.29) is 18.0 Å². The highest BCUT2D eigenvalue weighted by molar-refractivity contribution is 7.89. The first-order valence-electron chi connectivity index (χ1n) is 8.64. The Morgan fingerprint density at radius 2 is 1.78 bits per heavy atom. The van der Waals surface area contributed by atoms with Gasteiger partial charge >= 0.3 is 0 Å². The quantitative estimate of drug-likeness (QED) is 0.531. The molecule has 0 saturated heterocycles. The first-order valence-corrected chi connectivity index (χ1v) is 10.1. The van der Waals surface area contributed by atoms with Crippen molar-refractivity contribution in [1.82, 2.24) is 10.0 Å². The Labute approximate surface area is 159 Å². The van der Waals surface area contributed by atoms with E-state index < -0.39 is 22.2 Å². The highest BCUT2D eigenvalue weighted by atomic mass is 32.2. The first-order chi connectivity index (χ1) is 12.9. The number of carbonyl (C=O) groups excluding carboxylic acids is 1. The van der Waals surface area contributed by atoms with Gasteiger partial charge in [0.2, 0.25) is 10.0 Å². The minimum atomic E-state index is -3.51. The van der Waals surface area contributed by atoms with Crippen molar-refractivity contribution >= 4 is 15.9 Å². The average Bonchev–Trinajstić information content (AvgIpc) is 2.68. The average molecular weight is 392 g/mol. The van der Waals surface area contributed by atoms with Gasteiger partial charge in [-0.05, 0) is 42.7 Å². The summed E-state index contributed by atoms with van der Waals surface area (Å²) in [5.74, 6) is 0.119. The summed E-state index contributed by atoms with van der Waals surface area (Å²) >= 11 is 0. The molecule has 7 nitrogen and oxygen atoms in total. The molecule has 2 aromatic rings. The Morgan fingerprint density at radius 1 is 1.11 bits per heavy atom. The molecule has 0 aliphatic carbocycles. The van der Waals surface area contributed by atoms with Crippen molar-refractivity contribution in [3.8, 4) is 5.75 Å². The zero-order valence-corrected chi connectivity index (χ0v) is 15.9. The summed E-state index contributed by atoms with van der Waals surface area (Å²) < 4.78 is 32.2. The van der Waals surface area contributed by atoms with Gasteiger partial charge in [0.25, 0.3) is 5.91 Å². The second-order valence-electron chi connectivity index (χ2n) is 5.89. The predicted molar refractivity (Wildman–Crippen MR) is 102 cm³/mol. The van der Waals surface area contributed by atoms with Gasteiger partial charge in [-0.2, -0.15) is 0 Å². The van der Waals surface area contributed by atoms with Crippen LogP contribution in [-0.4, -0.2) is 38.8 Å². The molecule has 1 atom stereocenters. The van der Waals surface area contributed by atoms with E-state index in [9.17, 15) is 18.3 Å². The number of rotatable bonds is 10. The molecule has 1 unspecified atom stereocenters. The standard InChI is InChI=1S/C19H24N2O5S/c1-2-18(22)21-19(23)14-26-16-10-8-15(9-11-16)12-13-20-27(24,25)17-6-4-3-5-7-17/h3-11,18,20,22H,2,12-14H2,1H3,(H,21,23). The van der Waals surface area contributed by atoms with Gasteiger partial charge in [0, 0.05) is 6.54 Å². The minimum absolute atomic E-state index is 0.187. The van der Waals surface area contributed by atoms with E-state index in [0.717, 1.165) is 5.56 Å². The van der Waals surface area contributed by atoms with Crippen molar-refractivity contribution in [2.75, 3.05) is 13.2 Å². The monoisotopic (exact) mass is 392 g/mol. The first kappa shape index (κ1) is 20.9. The number of aliphatic hydroxyl groups excluding tert-OH is 1. The Balaban J connectivity index is 1.78. The normalized spacial score (nSPS) is 12.4. The van der Waals surface area contributed by atoms with Crippen molar-refractivity contribution < 1.29 is 23.1 Å². The van der Waals surface area contributed by atoms with Crippen LogP contribution in [0.2, 0.25) is 0 Å². The van der Waals surface area contributed by atoms with Crippen LogP contribution in [0, 0.1) is 0 Å². The number of hydrogen-bond donors (Lipinski definition) is 3. The molecule has 2 rings (SSSR count). The van der Waals surface area contributed by atoms with Gasteiger partial charge in [0.1, 0.15) is 12.0 Å². The molecule has 146 valence electrons. The molecular weight excluding hydrogens is 368 g/mol. The summed E-state index contributed by atoms with van der Waals surface area (Å²) in [7, 11) is -3.51. The lowest BCUT2D eigenvalue weighted by Gasteiger charge is -2.11. The number of aliphatic hydroxyl groups is 1. The van der Waals surface area contributed by atoms with E-state index in [1.54, 1.807) is 49.4 Å². The number of hydrogen-bond acceptors (Lipinski definition) is 5. The van der Waals surface area contributed by atoms with Crippen LogP contribution in [0.5, 0.6) is 5.75 Å². The van der Waals surface area contributed by atoms with Crippen LogP contribution in [0.1, 0.15) is 18.9 Å². The van der Waals surface area contributed by atoms with E-state index in [4.69, 9.17) is 4.74 Å². The van der Waals surface area contributed by atoms with Gasteiger partial charge < -0.3 is 15.2 Å². The second kappa shape index (κ2) is 10.1. The maximum atomic E-state index is 12.1. The number of nitrogens with one attached hydrogen (secondary N) is 2. The van der Waals surface area contributed by atoms with Crippen LogP contribution in [0.3, 0.4) is 0 Å². The minimum Gasteiger partial charge on any atom is -0.484 e. The maximum Gasteiger partial charge on any atom is 0.259 e. The van der Waals surface area contributed by atoms with E-state index >= 15 is 0 Å². The fourth-order valence-corrected chi connectivity index (χ4v) is 3.30.